The molecule has 4 heterocycles. The largest absolute Gasteiger partial charge is 0.433 e. The number of ether oxygens (including phenoxy) is 2. The van der Waals surface area contributed by atoms with Gasteiger partial charge in [-0.05, 0) is 19.1 Å². The van der Waals surface area contributed by atoms with E-state index < -0.39 is 18.0 Å². The maximum Gasteiger partial charge on any atom is 0.433 e. The average molecular weight is 396 g/mol. The van der Waals surface area contributed by atoms with E-state index in [1.807, 2.05) is 0 Å². The first-order valence-electron chi connectivity index (χ1n) is 8.94. The molecule has 1 saturated heterocycles. The third-order valence-corrected chi connectivity index (χ3v) is 4.97. The molecule has 2 aliphatic heterocycles. The number of aryl methyl sites for hydroxylation is 1. The molecule has 0 aromatic carbocycles. The first-order valence-corrected chi connectivity index (χ1v) is 8.94. The first-order chi connectivity index (χ1) is 13.3. The number of rotatable bonds is 2. The number of aromatic nitrogens is 3. The quantitative estimate of drug-likeness (QED) is 0.841. The molecule has 2 aromatic heterocycles. The lowest BCUT2D eigenvalue weighted by Crippen LogP contribution is -2.47. The number of carbonyl (C=O) groups is 1. The van der Waals surface area contributed by atoms with Crippen molar-refractivity contribution in [2.75, 3.05) is 26.4 Å². The fraction of sp³-hybridized carbons (Fsp3) is 0.500. The molecule has 2 aromatic rings. The highest BCUT2D eigenvalue weighted by molar-refractivity contribution is 5.82. The number of hydrogen-bond acceptors (Lipinski definition) is 5. The number of hydrogen-bond donors (Lipinski definition) is 1. The van der Waals surface area contributed by atoms with Gasteiger partial charge in [-0.2, -0.15) is 18.3 Å². The van der Waals surface area contributed by atoms with E-state index in [0.717, 1.165) is 17.3 Å². The molecule has 4 rings (SSSR count). The van der Waals surface area contributed by atoms with Crippen molar-refractivity contribution in [1.29, 1.82) is 0 Å². The van der Waals surface area contributed by atoms with Gasteiger partial charge in [-0.25, -0.2) is 4.98 Å². The number of H-pyrrole nitrogens is 1. The van der Waals surface area contributed by atoms with Crippen molar-refractivity contribution < 1.29 is 27.4 Å². The summed E-state index contributed by atoms with van der Waals surface area (Å²) < 4.78 is 49.4. The van der Waals surface area contributed by atoms with Gasteiger partial charge in [0.1, 0.15) is 5.69 Å². The van der Waals surface area contributed by atoms with Crippen LogP contribution in [-0.4, -0.2) is 58.5 Å². The summed E-state index contributed by atoms with van der Waals surface area (Å²) in [7, 11) is 0. The molecule has 1 N–H and O–H groups in total. The number of nitrogens with zero attached hydrogens (tertiary/aromatic N) is 3. The van der Waals surface area contributed by atoms with Gasteiger partial charge in [0, 0.05) is 42.0 Å². The predicted octanol–water partition coefficient (Wildman–Crippen LogP) is 2.10. The van der Waals surface area contributed by atoms with Gasteiger partial charge in [-0.1, -0.05) is 0 Å². The van der Waals surface area contributed by atoms with Crippen molar-refractivity contribution in [1.82, 2.24) is 20.1 Å². The number of nitrogens with one attached hydrogen (secondary N) is 1. The van der Waals surface area contributed by atoms with Gasteiger partial charge in [0.25, 0.3) is 5.91 Å². The van der Waals surface area contributed by atoms with Crippen LogP contribution in [0.3, 0.4) is 0 Å². The fourth-order valence-corrected chi connectivity index (χ4v) is 3.51. The van der Waals surface area contributed by atoms with Crippen molar-refractivity contribution in [3.05, 3.63) is 34.8 Å². The molecule has 0 radical (unpaired) electrons. The first kappa shape index (κ1) is 18.9. The molecule has 7 nitrogen and oxygen atoms in total. The molecule has 1 fully saturated rings. The van der Waals surface area contributed by atoms with E-state index in [1.54, 1.807) is 4.90 Å². The highest BCUT2D eigenvalue weighted by atomic mass is 19.4. The van der Waals surface area contributed by atoms with E-state index in [4.69, 9.17) is 9.47 Å². The number of alkyl halides is 3. The smallest absolute Gasteiger partial charge is 0.376 e. The minimum Gasteiger partial charge on any atom is -0.376 e. The molecule has 150 valence electrons. The van der Waals surface area contributed by atoms with Crippen LogP contribution in [0.4, 0.5) is 13.2 Å². The van der Waals surface area contributed by atoms with Gasteiger partial charge in [0.05, 0.1) is 25.5 Å². The second-order valence-corrected chi connectivity index (χ2v) is 6.80. The zero-order valence-electron chi connectivity index (χ0n) is 15.2. The molecular formula is C18H19F3N4O3. The molecule has 1 atom stereocenters. The number of fused-ring (bicyclic) bond motifs is 1. The number of amides is 1. The molecule has 10 heteroatoms. The molecule has 0 saturated carbocycles. The van der Waals surface area contributed by atoms with Crippen LogP contribution in [-0.2, 0) is 33.4 Å². The molecule has 0 spiro atoms. The standard InChI is InChI=1S/C18H19F3N4O3/c1-10-11(2-3-15(22-10)18(19,20)21)16-12-8-25(5-4-13(12)23-24-16)17(26)14-9-27-6-7-28-14/h2-3,14H,4-9H2,1H3,(H,23,24). The van der Waals surface area contributed by atoms with E-state index in [0.29, 0.717) is 44.0 Å². The minimum absolute atomic E-state index is 0.153. The van der Waals surface area contributed by atoms with Gasteiger partial charge >= 0.3 is 6.18 Å². The van der Waals surface area contributed by atoms with Crippen LogP contribution in [0.1, 0.15) is 22.6 Å². The minimum atomic E-state index is -4.50. The molecule has 0 bridgehead atoms. The molecule has 0 aliphatic carbocycles. The maximum absolute atomic E-state index is 12.9. The van der Waals surface area contributed by atoms with Crippen molar-refractivity contribution in [3.8, 4) is 11.3 Å². The highest BCUT2D eigenvalue weighted by Gasteiger charge is 2.34. The second-order valence-electron chi connectivity index (χ2n) is 6.80. The van der Waals surface area contributed by atoms with Gasteiger partial charge in [0.15, 0.2) is 6.10 Å². The molecule has 1 unspecified atom stereocenters. The summed E-state index contributed by atoms with van der Waals surface area (Å²) in [5.74, 6) is -0.153. The topological polar surface area (TPSA) is 80.3 Å². The van der Waals surface area contributed by atoms with Crippen molar-refractivity contribution >= 4 is 5.91 Å². The lowest BCUT2D eigenvalue weighted by molar-refractivity contribution is -0.158. The van der Waals surface area contributed by atoms with E-state index >= 15 is 0 Å². The zero-order chi connectivity index (χ0) is 19.9. The Hall–Kier alpha value is -2.46. The number of pyridine rings is 1. The summed E-state index contributed by atoms with van der Waals surface area (Å²) in [5, 5.41) is 7.23. The Morgan fingerprint density at radius 3 is 2.82 bits per heavy atom. The third kappa shape index (κ3) is 3.49. The van der Waals surface area contributed by atoms with Crippen molar-refractivity contribution in [3.63, 3.8) is 0 Å². The van der Waals surface area contributed by atoms with Crippen LogP contribution in [0.5, 0.6) is 0 Å². The van der Waals surface area contributed by atoms with Crippen LogP contribution < -0.4 is 0 Å². The SMILES string of the molecule is Cc1nc(C(F)(F)F)ccc1-c1n[nH]c2c1CN(C(=O)C1COCCO1)CC2. The highest BCUT2D eigenvalue weighted by Crippen LogP contribution is 2.33. The third-order valence-electron chi connectivity index (χ3n) is 4.97. The molecular weight excluding hydrogens is 377 g/mol. The van der Waals surface area contributed by atoms with E-state index in [9.17, 15) is 18.0 Å². The molecule has 1 amide bonds. The van der Waals surface area contributed by atoms with Gasteiger partial charge < -0.3 is 14.4 Å². The Kier molecular flexibility index (Phi) is 4.84. The van der Waals surface area contributed by atoms with Gasteiger partial charge in [-0.15, -0.1) is 0 Å². The normalized spacial score (nSPS) is 20.1. The Labute approximate surface area is 158 Å². The van der Waals surface area contributed by atoms with Crippen molar-refractivity contribution in [2.45, 2.75) is 32.2 Å². The Balaban J connectivity index is 1.60. The van der Waals surface area contributed by atoms with Gasteiger partial charge in [0.2, 0.25) is 0 Å². The Morgan fingerprint density at radius 1 is 1.32 bits per heavy atom. The van der Waals surface area contributed by atoms with Gasteiger partial charge in [-0.3, -0.25) is 9.89 Å². The van der Waals surface area contributed by atoms with Crippen LogP contribution in [0, 0.1) is 6.92 Å². The summed E-state index contributed by atoms with van der Waals surface area (Å²) in [5.41, 5.74) is 1.99. The van der Waals surface area contributed by atoms with Crippen LogP contribution >= 0.6 is 0 Å². The summed E-state index contributed by atoms with van der Waals surface area (Å²) >= 11 is 0. The summed E-state index contributed by atoms with van der Waals surface area (Å²) in [6, 6.07) is 2.32. The van der Waals surface area contributed by atoms with Crippen LogP contribution in [0.25, 0.3) is 11.3 Å². The Morgan fingerprint density at radius 2 is 2.14 bits per heavy atom. The second kappa shape index (κ2) is 7.17. The monoisotopic (exact) mass is 396 g/mol. The van der Waals surface area contributed by atoms with Crippen molar-refractivity contribution in [2.24, 2.45) is 0 Å². The summed E-state index contributed by atoms with van der Waals surface area (Å²) in [6.45, 7) is 3.41. The lowest BCUT2D eigenvalue weighted by Gasteiger charge is -2.32. The fourth-order valence-electron chi connectivity index (χ4n) is 3.51. The maximum atomic E-state index is 12.9. The van der Waals surface area contributed by atoms with E-state index in [-0.39, 0.29) is 18.2 Å². The van der Waals surface area contributed by atoms with Crippen LogP contribution in [0.2, 0.25) is 0 Å². The average Bonchev–Trinajstić information content (AvgIpc) is 3.10. The molecule has 28 heavy (non-hydrogen) atoms. The van der Waals surface area contributed by atoms with E-state index in [1.165, 1.54) is 13.0 Å². The summed E-state index contributed by atoms with van der Waals surface area (Å²) in [4.78, 5) is 18.1. The van der Waals surface area contributed by atoms with E-state index in [2.05, 4.69) is 15.2 Å². The number of carbonyl (C=O) groups excluding carboxylic acids is 1. The predicted molar refractivity (Wildman–Crippen MR) is 91.2 cm³/mol. The number of halogens is 3. The zero-order valence-corrected chi connectivity index (χ0v) is 15.2. The molecule has 2 aliphatic rings. The number of aromatic amines is 1. The Bertz CT molecular complexity index is 891. The summed E-state index contributed by atoms with van der Waals surface area (Å²) in [6.07, 6.45) is -4.55. The van der Waals surface area contributed by atoms with Crippen LogP contribution in [0.15, 0.2) is 12.1 Å². The lowest BCUT2D eigenvalue weighted by atomic mass is 9.99.